The summed E-state index contributed by atoms with van der Waals surface area (Å²) in [5.74, 6) is -0.855. The number of esters is 1. The molecule has 0 spiro atoms. The van der Waals surface area contributed by atoms with E-state index in [0.717, 1.165) is 9.55 Å². The SMILES string of the molecule is C/C=C(C)\C=C/CS(=O)(=O)n1cc(C)cc1C(=O)OC. The Kier molecular flexibility index (Phi) is 5.33. The number of carbonyl (C=O) groups excluding carboxylic acids is 1. The maximum atomic E-state index is 12.2. The number of nitrogens with zero attached hydrogens (tertiary/aromatic N) is 1. The normalized spacial score (nSPS) is 12.9. The Hall–Kier alpha value is -1.82. The molecule has 0 fully saturated rings. The lowest BCUT2D eigenvalue weighted by atomic mass is 10.3. The number of ether oxygens (including phenoxy) is 1. The molecular weight excluding hydrogens is 278 g/mol. The summed E-state index contributed by atoms with van der Waals surface area (Å²) in [5, 5.41) is 0. The molecule has 0 amide bonds. The number of aromatic nitrogens is 1. The molecule has 0 saturated heterocycles. The van der Waals surface area contributed by atoms with E-state index in [4.69, 9.17) is 0 Å². The predicted octanol–water partition coefficient (Wildman–Crippen LogP) is 2.28. The first kappa shape index (κ1) is 16.2. The average molecular weight is 297 g/mol. The highest BCUT2D eigenvalue weighted by Gasteiger charge is 2.21. The second kappa shape index (κ2) is 6.56. The van der Waals surface area contributed by atoms with E-state index in [9.17, 15) is 13.2 Å². The fourth-order valence-electron chi connectivity index (χ4n) is 1.59. The highest BCUT2D eigenvalue weighted by molar-refractivity contribution is 7.90. The zero-order valence-electron chi connectivity index (χ0n) is 12.1. The molecule has 1 heterocycles. The van der Waals surface area contributed by atoms with Gasteiger partial charge in [-0.2, -0.15) is 0 Å². The fourth-order valence-corrected chi connectivity index (χ4v) is 2.84. The summed E-state index contributed by atoms with van der Waals surface area (Å²) < 4.78 is 30.1. The first-order valence-corrected chi connectivity index (χ1v) is 7.72. The van der Waals surface area contributed by atoms with Gasteiger partial charge >= 0.3 is 5.97 Å². The van der Waals surface area contributed by atoms with Gasteiger partial charge in [0.1, 0.15) is 5.69 Å². The van der Waals surface area contributed by atoms with Crippen molar-refractivity contribution in [3.8, 4) is 0 Å². The lowest BCUT2D eigenvalue weighted by Gasteiger charge is -2.07. The first-order valence-electron chi connectivity index (χ1n) is 6.12. The van der Waals surface area contributed by atoms with Gasteiger partial charge in [-0.15, -0.1) is 0 Å². The molecule has 0 aliphatic heterocycles. The Bertz CT molecular complexity index is 651. The summed E-state index contributed by atoms with van der Waals surface area (Å²) in [7, 11) is -2.41. The monoisotopic (exact) mass is 297 g/mol. The van der Waals surface area contributed by atoms with E-state index >= 15 is 0 Å². The number of hydrogen-bond acceptors (Lipinski definition) is 4. The van der Waals surface area contributed by atoms with Crippen LogP contribution in [0.2, 0.25) is 0 Å². The molecule has 6 heteroatoms. The van der Waals surface area contributed by atoms with E-state index in [1.54, 1.807) is 19.1 Å². The van der Waals surface area contributed by atoms with Gasteiger partial charge in [0.15, 0.2) is 0 Å². The van der Waals surface area contributed by atoms with Crippen molar-refractivity contribution in [3.63, 3.8) is 0 Å². The van der Waals surface area contributed by atoms with E-state index in [-0.39, 0.29) is 11.4 Å². The summed E-state index contributed by atoms with van der Waals surface area (Å²) in [6.07, 6.45) is 6.58. The molecule has 0 bridgehead atoms. The molecule has 0 aliphatic rings. The molecule has 0 saturated carbocycles. The second-order valence-corrected chi connectivity index (χ2v) is 6.29. The standard InChI is InChI=1S/C14H19NO4S/c1-5-11(2)7-6-8-20(17,18)15-10-12(3)9-13(15)14(16)19-4/h5-7,9-10H,8H2,1-4H3/b7-6-,11-5-. The first-order chi connectivity index (χ1) is 9.31. The van der Waals surface area contributed by atoms with Crippen LogP contribution in [-0.4, -0.2) is 31.2 Å². The molecule has 0 unspecified atom stereocenters. The summed E-state index contributed by atoms with van der Waals surface area (Å²) in [4.78, 5) is 11.6. The Labute approximate surface area is 119 Å². The third-order valence-electron chi connectivity index (χ3n) is 2.76. The number of rotatable bonds is 5. The number of methoxy groups -OCH3 is 1. The smallest absolute Gasteiger partial charge is 0.355 e. The van der Waals surface area contributed by atoms with Crippen LogP contribution >= 0.6 is 0 Å². The van der Waals surface area contributed by atoms with Gasteiger partial charge in [0.25, 0.3) is 0 Å². The van der Waals surface area contributed by atoms with Crippen LogP contribution in [-0.2, 0) is 14.8 Å². The molecular formula is C14H19NO4S. The van der Waals surface area contributed by atoms with Crippen molar-refractivity contribution < 1.29 is 17.9 Å². The average Bonchev–Trinajstić information content (AvgIpc) is 2.80. The molecule has 1 aromatic rings. The van der Waals surface area contributed by atoms with Crippen molar-refractivity contribution in [2.24, 2.45) is 0 Å². The van der Waals surface area contributed by atoms with Crippen LogP contribution in [0.1, 0.15) is 29.9 Å². The molecule has 1 rings (SSSR count). The molecule has 0 aromatic carbocycles. The van der Waals surface area contributed by atoms with Crippen LogP contribution in [0, 0.1) is 6.92 Å². The Morgan fingerprint density at radius 1 is 1.45 bits per heavy atom. The second-order valence-electron chi connectivity index (χ2n) is 4.40. The molecule has 1 aromatic heterocycles. The van der Waals surface area contributed by atoms with E-state index in [2.05, 4.69) is 4.74 Å². The number of carbonyl (C=O) groups is 1. The van der Waals surface area contributed by atoms with Crippen LogP contribution in [0.15, 0.2) is 36.1 Å². The van der Waals surface area contributed by atoms with Crippen LogP contribution < -0.4 is 0 Å². The number of hydrogen-bond donors (Lipinski definition) is 0. The van der Waals surface area contributed by atoms with Crippen LogP contribution in [0.25, 0.3) is 0 Å². The van der Waals surface area contributed by atoms with E-state index in [1.807, 2.05) is 19.9 Å². The zero-order valence-corrected chi connectivity index (χ0v) is 12.9. The van der Waals surface area contributed by atoms with Gasteiger partial charge in [0.05, 0.1) is 12.9 Å². The van der Waals surface area contributed by atoms with Gasteiger partial charge in [0, 0.05) is 6.20 Å². The minimum atomic E-state index is -3.63. The summed E-state index contributed by atoms with van der Waals surface area (Å²) in [5.41, 5.74) is 1.67. The van der Waals surface area contributed by atoms with Crippen molar-refractivity contribution >= 4 is 16.0 Å². The van der Waals surface area contributed by atoms with Gasteiger partial charge in [-0.3, -0.25) is 0 Å². The molecule has 20 heavy (non-hydrogen) atoms. The van der Waals surface area contributed by atoms with Gasteiger partial charge in [-0.25, -0.2) is 17.2 Å². The predicted molar refractivity (Wildman–Crippen MR) is 78.3 cm³/mol. The van der Waals surface area contributed by atoms with Crippen molar-refractivity contribution in [2.45, 2.75) is 20.8 Å². The maximum Gasteiger partial charge on any atom is 0.355 e. The lowest BCUT2D eigenvalue weighted by Crippen LogP contribution is -2.20. The van der Waals surface area contributed by atoms with Crippen LogP contribution in [0.3, 0.4) is 0 Å². The topological polar surface area (TPSA) is 65.4 Å². The molecule has 0 radical (unpaired) electrons. The van der Waals surface area contributed by atoms with Crippen molar-refractivity contribution in [2.75, 3.05) is 12.9 Å². The van der Waals surface area contributed by atoms with E-state index in [1.165, 1.54) is 19.4 Å². The Balaban J connectivity index is 3.10. The minimum absolute atomic E-state index is 0.0150. The maximum absolute atomic E-state index is 12.2. The van der Waals surface area contributed by atoms with Crippen LogP contribution in [0.5, 0.6) is 0 Å². The third kappa shape index (κ3) is 3.84. The van der Waals surface area contributed by atoms with Crippen molar-refractivity contribution in [1.82, 2.24) is 3.97 Å². The van der Waals surface area contributed by atoms with Gasteiger partial charge in [-0.05, 0) is 32.4 Å². The minimum Gasteiger partial charge on any atom is -0.464 e. The summed E-state index contributed by atoms with van der Waals surface area (Å²) in [6, 6.07) is 1.49. The Morgan fingerprint density at radius 2 is 2.10 bits per heavy atom. The largest absolute Gasteiger partial charge is 0.464 e. The Morgan fingerprint density at radius 3 is 2.65 bits per heavy atom. The fraction of sp³-hybridized carbons (Fsp3) is 0.357. The summed E-state index contributed by atoms with van der Waals surface area (Å²) in [6.45, 7) is 5.47. The molecule has 5 nitrogen and oxygen atoms in total. The number of aryl methyl sites for hydroxylation is 1. The van der Waals surface area contributed by atoms with Crippen LogP contribution in [0.4, 0.5) is 0 Å². The third-order valence-corrected chi connectivity index (χ3v) is 4.28. The number of allylic oxidation sites excluding steroid dienone is 3. The molecule has 0 atom stereocenters. The quantitative estimate of drug-likeness (QED) is 0.618. The molecule has 110 valence electrons. The lowest BCUT2D eigenvalue weighted by molar-refractivity contribution is 0.0593. The molecule has 0 N–H and O–H groups in total. The summed E-state index contributed by atoms with van der Waals surface area (Å²) >= 11 is 0. The van der Waals surface area contributed by atoms with E-state index in [0.29, 0.717) is 5.56 Å². The van der Waals surface area contributed by atoms with E-state index < -0.39 is 16.0 Å². The van der Waals surface area contributed by atoms with Gasteiger partial charge < -0.3 is 4.74 Å². The molecule has 0 aliphatic carbocycles. The van der Waals surface area contributed by atoms with Gasteiger partial charge in [-0.1, -0.05) is 23.8 Å². The van der Waals surface area contributed by atoms with Crippen molar-refractivity contribution in [3.05, 3.63) is 47.3 Å². The van der Waals surface area contributed by atoms with Gasteiger partial charge in [0.2, 0.25) is 10.0 Å². The zero-order chi connectivity index (χ0) is 15.3. The highest BCUT2D eigenvalue weighted by atomic mass is 32.2. The highest BCUT2D eigenvalue weighted by Crippen LogP contribution is 2.13. The van der Waals surface area contributed by atoms with Crippen molar-refractivity contribution in [1.29, 1.82) is 0 Å².